The van der Waals surface area contributed by atoms with Gasteiger partial charge in [0.2, 0.25) is 11.9 Å². The van der Waals surface area contributed by atoms with Crippen molar-refractivity contribution in [3.05, 3.63) is 163 Å². The van der Waals surface area contributed by atoms with Crippen molar-refractivity contribution < 1.29 is 95.5 Å². The molecule has 6 atom stereocenters. The minimum Gasteiger partial charge on any atom is -0.489 e. The molecule has 0 amide bonds. The van der Waals surface area contributed by atoms with E-state index >= 15 is 0 Å². The number of carbonyl (C=O) groups is 6. The van der Waals surface area contributed by atoms with Gasteiger partial charge >= 0.3 is 35.8 Å². The second-order valence-electron chi connectivity index (χ2n) is 25.8. The Labute approximate surface area is 705 Å². The molecule has 0 saturated carbocycles. The molecule has 14 rings (SSSR count). The van der Waals surface area contributed by atoms with Crippen LogP contribution >= 0.6 is 81.0 Å². The van der Waals surface area contributed by atoms with Crippen LogP contribution < -0.4 is 72.6 Å². The van der Waals surface area contributed by atoms with Gasteiger partial charge in [-0.1, -0.05) is 36.5 Å². The highest BCUT2D eigenvalue weighted by molar-refractivity contribution is 7.60. The van der Waals surface area contributed by atoms with Gasteiger partial charge in [-0.15, -0.1) is 0 Å². The Morgan fingerprint density at radius 2 is 0.621 bits per heavy atom. The number of anilines is 8. The Hall–Kier alpha value is -11.6. The number of nitrogens with two attached hydrogens (primary N) is 4. The lowest BCUT2D eigenvalue weighted by molar-refractivity contribution is -0.384. The van der Waals surface area contributed by atoms with Crippen LogP contribution in [0.15, 0.2) is 109 Å². The van der Waals surface area contributed by atoms with E-state index in [1.54, 1.807) is 48.5 Å². The molecule has 0 aliphatic carbocycles. The first-order valence-electron chi connectivity index (χ1n) is 34.4. The number of esters is 6. The highest BCUT2D eigenvalue weighted by Gasteiger charge is 2.34. The molecule has 42 heteroatoms. The molecule has 8 aromatic rings. The number of benzene rings is 6. The summed E-state index contributed by atoms with van der Waals surface area (Å²) >= 11 is 0. The molecule has 12 N–H and O–H groups in total. The van der Waals surface area contributed by atoms with Gasteiger partial charge in [-0.05, 0) is 99.2 Å². The van der Waals surface area contributed by atoms with Crippen LogP contribution in [0.5, 0.6) is 34.5 Å². The molecule has 0 unspecified atom stereocenters. The molecule has 6 aromatic carbocycles. The molecular weight excluding hydrogens is 1630 g/mol. The maximum absolute atomic E-state index is 12.0. The molecule has 2 aromatic heterocycles. The number of hydrogen-bond acceptors (Lipinski definition) is 32. The van der Waals surface area contributed by atoms with Gasteiger partial charge in [-0.3, -0.25) is 20.2 Å². The van der Waals surface area contributed by atoms with Crippen molar-refractivity contribution in [1.29, 1.82) is 0 Å². The number of fused-ring (bicyclic) bond motifs is 4. The fraction of sp³-hybridized carbons (Fsp3) is 0.324. The van der Waals surface area contributed by atoms with Crippen LogP contribution in [0.4, 0.5) is 57.4 Å². The SMILES string of the molecule is COC(=O)c1cc(N)c2c(c1)OC[C@H](C/C=C/C[C@H]1COc3cc(C(=O)OC)cc(N)c3N1)N2.COC(=O)c1cc2c(c([N+](=O)[O-])c1)N[C@@H](C/C=C/C[C@H]1COc3cc(C(=O)OC)cc([N+](=O)[O-])c3N1)CO2.COC(=O)c1cc2c3c(c1)nc(N)n3[C@@H](C/C=C/C[C@H]1COc3cc(C(=O)OC)cc4nc(N)n1c34)CO2.S.S.S.S.S.S. The van der Waals surface area contributed by atoms with Crippen molar-refractivity contribution in [1.82, 2.24) is 19.1 Å². The number of imidazole rings is 2. The summed E-state index contributed by atoms with van der Waals surface area (Å²) in [6.45, 7) is 2.08. The third-order valence-electron chi connectivity index (χ3n) is 18.6. The van der Waals surface area contributed by atoms with E-state index in [9.17, 15) is 49.0 Å². The summed E-state index contributed by atoms with van der Waals surface area (Å²) in [6, 6.07) is 17.5. The zero-order valence-corrected chi connectivity index (χ0v) is 69.3. The van der Waals surface area contributed by atoms with E-state index in [1.165, 1.54) is 54.8 Å². The van der Waals surface area contributed by atoms with Crippen molar-refractivity contribution in [2.24, 2.45) is 0 Å². The lowest BCUT2D eigenvalue weighted by Gasteiger charge is -2.29. The molecular formula is C74H90N14O22S6. The van der Waals surface area contributed by atoms with E-state index in [4.69, 9.17) is 70.3 Å². The van der Waals surface area contributed by atoms with Gasteiger partial charge in [0, 0.05) is 12.1 Å². The maximum atomic E-state index is 12.0. The summed E-state index contributed by atoms with van der Waals surface area (Å²) in [5, 5.41) is 36.1. The monoisotopic (exact) mass is 1720 g/mol. The Kier molecular flexibility index (Phi) is 33.1. The Morgan fingerprint density at radius 1 is 0.379 bits per heavy atom. The second-order valence-corrected chi connectivity index (χ2v) is 25.8. The first kappa shape index (κ1) is 93.3. The Bertz CT molecular complexity index is 4800. The van der Waals surface area contributed by atoms with Crippen molar-refractivity contribution in [2.45, 2.75) is 74.8 Å². The third kappa shape index (κ3) is 20.4. The fourth-order valence-corrected chi connectivity index (χ4v) is 13.3. The number of methoxy groups -OCH3 is 6. The van der Waals surface area contributed by atoms with Gasteiger partial charge in [-0.25, -0.2) is 38.7 Å². The van der Waals surface area contributed by atoms with E-state index in [0.717, 1.165) is 36.0 Å². The molecule has 0 spiro atoms. The number of nitrogens with one attached hydrogen (secondary N) is 4. The Morgan fingerprint density at radius 3 is 0.905 bits per heavy atom. The van der Waals surface area contributed by atoms with Crippen LogP contribution in [-0.4, -0.2) is 171 Å². The van der Waals surface area contributed by atoms with Gasteiger partial charge in [0.1, 0.15) is 96.5 Å². The van der Waals surface area contributed by atoms with Crippen LogP contribution in [-0.2, 0) is 28.4 Å². The highest BCUT2D eigenvalue weighted by Crippen LogP contribution is 2.45. The number of carbonyl (C=O) groups excluding carboxylic acids is 6. The van der Waals surface area contributed by atoms with E-state index in [0.29, 0.717) is 143 Å². The van der Waals surface area contributed by atoms with E-state index in [2.05, 4.69) is 65.0 Å². The van der Waals surface area contributed by atoms with Crippen molar-refractivity contribution in [2.75, 3.05) is 127 Å². The molecule has 116 heavy (non-hydrogen) atoms. The first-order valence-corrected chi connectivity index (χ1v) is 34.4. The second kappa shape index (κ2) is 41.1. The number of nitro benzene ring substituents is 2. The van der Waals surface area contributed by atoms with Crippen molar-refractivity contribution in [3.63, 3.8) is 0 Å². The highest BCUT2D eigenvalue weighted by atomic mass is 32.1. The topological polar surface area (TPSA) is 487 Å². The van der Waals surface area contributed by atoms with Crippen LogP contribution in [0.1, 0.15) is 113 Å². The summed E-state index contributed by atoms with van der Waals surface area (Å²) < 4.78 is 67.3. The molecule has 0 radical (unpaired) electrons. The van der Waals surface area contributed by atoms with E-state index in [-0.39, 0.29) is 176 Å². The number of allylic oxidation sites excluding steroid dienone is 2. The normalized spacial score (nSPS) is 17.0. The van der Waals surface area contributed by atoms with Crippen molar-refractivity contribution in [3.8, 4) is 34.5 Å². The predicted octanol–water partition coefficient (Wildman–Crippen LogP) is 9.97. The quantitative estimate of drug-likeness (QED) is 0.00878. The molecule has 6 aliphatic heterocycles. The summed E-state index contributed by atoms with van der Waals surface area (Å²) in [5.41, 5.74) is 30.9. The first-order chi connectivity index (χ1) is 53.0. The van der Waals surface area contributed by atoms with Crippen molar-refractivity contribution >= 4 is 196 Å². The van der Waals surface area contributed by atoms with Gasteiger partial charge in [0.25, 0.3) is 11.4 Å². The predicted molar refractivity (Wildman–Crippen MR) is 462 cm³/mol. The summed E-state index contributed by atoms with van der Waals surface area (Å²) in [7, 11) is 7.68. The fourth-order valence-electron chi connectivity index (χ4n) is 13.3. The minimum absolute atomic E-state index is 0. The number of aromatic nitrogens is 4. The smallest absolute Gasteiger partial charge is 0.338 e. The zero-order chi connectivity index (χ0) is 78.2. The number of nitro groups is 2. The lowest BCUT2D eigenvalue weighted by atomic mass is 10.1. The summed E-state index contributed by atoms with van der Waals surface area (Å²) in [4.78, 5) is 102. The number of nitrogen functional groups attached to an aromatic ring is 4. The number of nitrogens with zero attached hydrogens (tertiary/aromatic N) is 6. The Balaban J connectivity index is 0.000000264. The molecule has 6 aliphatic rings. The largest absolute Gasteiger partial charge is 0.489 e. The van der Waals surface area contributed by atoms with Gasteiger partial charge in [-0.2, -0.15) is 81.0 Å². The van der Waals surface area contributed by atoms with Crippen LogP contribution in [0, 0.1) is 20.2 Å². The maximum Gasteiger partial charge on any atom is 0.338 e. The average Bonchev–Trinajstić information content (AvgIpc) is 1.59. The summed E-state index contributed by atoms with van der Waals surface area (Å²) in [5.74, 6) is 0.0457. The zero-order valence-electron chi connectivity index (χ0n) is 63.3. The molecule has 0 saturated heterocycles. The van der Waals surface area contributed by atoms with E-state index in [1.807, 2.05) is 21.3 Å². The van der Waals surface area contributed by atoms with Crippen LogP contribution in [0.3, 0.4) is 0 Å². The molecule has 8 heterocycles. The number of ether oxygens (including phenoxy) is 12. The van der Waals surface area contributed by atoms with Crippen LogP contribution in [0.2, 0.25) is 0 Å². The lowest BCUT2D eigenvalue weighted by Crippen LogP contribution is -2.32. The minimum atomic E-state index is -0.707. The standard InChI is InChI=1S/C26H26N6O6.C24H24N4O10.C24H28N4O6.6H2S/c1-35-23(33)13-7-17-21-19(9-13)37-11-15(31(21)25(27)29-17)5-3-4-6-16-12-38-20-10-14(24(34)36-2)8-18-22(20)32(16)26(28)30-18;1-35-23(29)13-7-17(27(31)32)21-19(9-13)37-11-15(25-21)5-3-4-6-16-12-38-20-10-14(24(30)36-2)8-18(28(33)34)22(20)26-16;1-31-23(29)13-7-17(25)21-19(9-13)33-11-15(27-21)5-3-4-6-16-12-34-20-10-14(24(30)32-2)8-18(26)22(20)28-16;;;;;;/h3-4,7-10,15-16H,5-6,11-12H2,1-2H3,(H2,27,29)(H2,28,30);3-4,7-10,15-16,25-26H,5-6,11-12H2,1-2H3;3-4,7-10,15-16,27-28H,5-6,11-12,25-26H2,1-2H3;6*1H2/b3*4-3+;;;;;;/t3*15-,16-;;;;;;/m000....../s1. The van der Waals surface area contributed by atoms with E-state index < -0.39 is 45.7 Å². The van der Waals surface area contributed by atoms with Gasteiger partial charge in [0.05, 0.1) is 145 Å². The number of hydrogen-bond donors (Lipinski definition) is 8. The molecule has 0 fully saturated rings. The molecule has 0 bridgehead atoms. The van der Waals surface area contributed by atoms with Crippen LogP contribution in [0.25, 0.3) is 22.1 Å². The molecule has 624 valence electrons. The number of rotatable bonds is 20. The third-order valence-corrected chi connectivity index (χ3v) is 18.6. The average molecular weight is 1720 g/mol. The van der Waals surface area contributed by atoms with Gasteiger partial charge in [0.15, 0.2) is 11.4 Å². The summed E-state index contributed by atoms with van der Waals surface area (Å²) in [6.07, 6.45) is 15.8. The van der Waals surface area contributed by atoms with Gasteiger partial charge < -0.3 is 110 Å². The molecule has 36 nitrogen and oxygen atoms in total.